The lowest BCUT2D eigenvalue weighted by atomic mass is 10.0. The standard InChI is InChI=1S/C11H13F3N2O/c1-2-16-9(10(15)17)7-4-3-5-8(6-7)11(12,13)14/h3-6,9,16H,2H2,1H3,(H2,15,17). The SMILES string of the molecule is CCNC(C(N)=O)c1cccc(C(F)(F)F)c1. The Hall–Kier alpha value is -1.56. The zero-order valence-corrected chi connectivity index (χ0v) is 9.21. The van der Waals surface area contributed by atoms with E-state index in [4.69, 9.17) is 5.73 Å². The van der Waals surface area contributed by atoms with Gasteiger partial charge in [0, 0.05) is 0 Å². The minimum Gasteiger partial charge on any atom is -0.368 e. The molecule has 0 fully saturated rings. The number of hydrogen-bond donors (Lipinski definition) is 2. The molecular formula is C11H13F3N2O. The van der Waals surface area contributed by atoms with Gasteiger partial charge < -0.3 is 11.1 Å². The van der Waals surface area contributed by atoms with Crippen molar-refractivity contribution >= 4 is 5.91 Å². The Labute approximate surface area is 96.8 Å². The number of halogens is 3. The molecule has 94 valence electrons. The first-order chi connectivity index (χ1) is 7.86. The number of nitrogens with one attached hydrogen (secondary N) is 1. The Balaban J connectivity index is 3.08. The first kappa shape index (κ1) is 13.5. The third-order valence-electron chi connectivity index (χ3n) is 2.24. The maximum absolute atomic E-state index is 12.5. The Morgan fingerprint density at radius 1 is 1.47 bits per heavy atom. The van der Waals surface area contributed by atoms with Crippen LogP contribution in [0.5, 0.6) is 0 Å². The molecule has 0 spiro atoms. The van der Waals surface area contributed by atoms with Crippen LogP contribution in [0.1, 0.15) is 24.1 Å². The van der Waals surface area contributed by atoms with E-state index in [9.17, 15) is 18.0 Å². The van der Waals surface area contributed by atoms with Crippen LogP contribution in [0.2, 0.25) is 0 Å². The second-order valence-corrected chi connectivity index (χ2v) is 3.52. The number of rotatable bonds is 4. The molecule has 0 heterocycles. The molecule has 1 atom stereocenters. The van der Waals surface area contributed by atoms with Crippen molar-refractivity contribution in [2.75, 3.05) is 6.54 Å². The molecule has 17 heavy (non-hydrogen) atoms. The molecule has 1 unspecified atom stereocenters. The van der Waals surface area contributed by atoms with Crippen LogP contribution < -0.4 is 11.1 Å². The van der Waals surface area contributed by atoms with Crippen LogP contribution in [0.25, 0.3) is 0 Å². The predicted molar refractivity (Wildman–Crippen MR) is 57.1 cm³/mol. The van der Waals surface area contributed by atoms with Crippen LogP contribution in [-0.4, -0.2) is 12.5 Å². The fourth-order valence-electron chi connectivity index (χ4n) is 1.48. The Kier molecular flexibility index (Phi) is 4.11. The van der Waals surface area contributed by atoms with Gasteiger partial charge >= 0.3 is 6.18 Å². The number of hydrogen-bond acceptors (Lipinski definition) is 2. The maximum atomic E-state index is 12.5. The van der Waals surface area contributed by atoms with E-state index in [2.05, 4.69) is 5.32 Å². The fraction of sp³-hybridized carbons (Fsp3) is 0.364. The lowest BCUT2D eigenvalue weighted by Crippen LogP contribution is -2.33. The lowest BCUT2D eigenvalue weighted by Gasteiger charge is -2.16. The number of carbonyl (C=O) groups excluding carboxylic acids is 1. The van der Waals surface area contributed by atoms with Gasteiger partial charge in [0.25, 0.3) is 0 Å². The summed E-state index contributed by atoms with van der Waals surface area (Å²) in [5.41, 5.74) is 4.56. The molecule has 1 amide bonds. The molecule has 0 saturated carbocycles. The molecule has 0 saturated heterocycles. The molecule has 3 N–H and O–H groups in total. The predicted octanol–water partition coefficient (Wildman–Crippen LogP) is 1.84. The van der Waals surface area contributed by atoms with Crippen molar-refractivity contribution in [1.82, 2.24) is 5.32 Å². The molecular weight excluding hydrogens is 233 g/mol. The number of nitrogens with two attached hydrogens (primary N) is 1. The minimum absolute atomic E-state index is 0.217. The van der Waals surface area contributed by atoms with E-state index in [1.807, 2.05) is 0 Å². The molecule has 0 aliphatic heterocycles. The smallest absolute Gasteiger partial charge is 0.368 e. The molecule has 1 aromatic carbocycles. The topological polar surface area (TPSA) is 55.1 Å². The highest BCUT2D eigenvalue weighted by Crippen LogP contribution is 2.30. The van der Waals surface area contributed by atoms with Crippen LogP contribution in [0, 0.1) is 0 Å². The zero-order valence-electron chi connectivity index (χ0n) is 9.21. The molecule has 0 aromatic heterocycles. The highest BCUT2D eigenvalue weighted by molar-refractivity contribution is 5.81. The Morgan fingerprint density at radius 2 is 2.12 bits per heavy atom. The van der Waals surface area contributed by atoms with Crippen LogP contribution in [-0.2, 0) is 11.0 Å². The summed E-state index contributed by atoms with van der Waals surface area (Å²) >= 11 is 0. The third kappa shape index (κ3) is 3.45. The van der Waals surface area contributed by atoms with Crippen molar-refractivity contribution in [1.29, 1.82) is 0 Å². The van der Waals surface area contributed by atoms with Gasteiger partial charge in [-0.3, -0.25) is 4.79 Å². The highest BCUT2D eigenvalue weighted by Gasteiger charge is 2.31. The number of alkyl halides is 3. The van der Waals surface area contributed by atoms with Crippen molar-refractivity contribution in [3.8, 4) is 0 Å². The second-order valence-electron chi connectivity index (χ2n) is 3.52. The molecule has 0 aliphatic rings. The summed E-state index contributed by atoms with van der Waals surface area (Å²) in [7, 11) is 0. The molecule has 1 rings (SSSR count). The van der Waals surface area contributed by atoms with E-state index in [0.29, 0.717) is 6.54 Å². The van der Waals surface area contributed by atoms with E-state index < -0.39 is 23.7 Å². The highest BCUT2D eigenvalue weighted by atomic mass is 19.4. The Morgan fingerprint density at radius 3 is 2.59 bits per heavy atom. The van der Waals surface area contributed by atoms with Gasteiger partial charge in [-0.1, -0.05) is 19.1 Å². The first-order valence-corrected chi connectivity index (χ1v) is 5.06. The third-order valence-corrected chi connectivity index (χ3v) is 2.24. The number of carbonyl (C=O) groups is 1. The number of likely N-dealkylation sites (N-methyl/N-ethyl adjacent to an activating group) is 1. The summed E-state index contributed by atoms with van der Waals surface area (Å²) in [5, 5.41) is 2.74. The van der Waals surface area contributed by atoms with Crippen LogP contribution in [0.3, 0.4) is 0 Å². The number of primary amides is 1. The normalized spacial score (nSPS) is 13.4. The van der Waals surface area contributed by atoms with Gasteiger partial charge in [0.15, 0.2) is 0 Å². The zero-order chi connectivity index (χ0) is 13.1. The minimum atomic E-state index is -4.43. The van der Waals surface area contributed by atoms with Crippen molar-refractivity contribution in [3.63, 3.8) is 0 Å². The van der Waals surface area contributed by atoms with Crippen LogP contribution in [0.15, 0.2) is 24.3 Å². The summed E-state index contributed by atoms with van der Waals surface area (Å²) < 4.78 is 37.4. The first-order valence-electron chi connectivity index (χ1n) is 5.06. The van der Waals surface area contributed by atoms with Crippen LogP contribution in [0.4, 0.5) is 13.2 Å². The van der Waals surface area contributed by atoms with Crippen molar-refractivity contribution in [2.45, 2.75) is 19.1 Å². The van der Waals surface area contributed by atoms with Gasteiger partial charge in [0.2, 0.25) is 5.91 Å². The van der Waals surface area contributed by atoms with Gasteiger partial charge in [-0.25, -0.2) is 0 Å². The van der Waals surface area contributed by atoms with Gasteiger partial charge in [0.1, 0.15) is 6.04 Å². The van der Waals surface area contributed by atoms with E-state index in [1.54, 1.807) is 6.92 Å². The van der Waals surface area contributed by atoms with E-state index >= 15 is 0 Å². The largest absolute Gasteiger partial charge is 0.416 e. The molecule has 0 aliphatic carbocycles. The summed E-state index contributed by atoms with van der Waals surface area (Å²) in [6, 6.07) is 3.67. The van der Waals surface area contributed by atoms with Crippen molar-refractivity contribution < 1.29 is 18.0 Å². The molecule has 0 bridgehead atoms. The van der Waals surface area contributed by atoms with E-state index in [0.717, 1.165) is 12.1 Å². The second kappa shape index (κ2) is 5.18. The lowest BCUT2D eigenvalue weighted by molar-refractivity contribution is -0.137. The van der Waals surface area contributed by atoms with Crippen molar-refractivity contribution in [2.24, 2.45) is 5.73 Å². The molecule has 3 nitrogen and oxygen atoms in total. The molecule has 6 heteroatoms. The summed E-state index contributed by atoms with van der Waals surface area (Å²) in [4.78, 5) is 11.1. The van der Waals surface area contributed by atoms with Gasteiger partial charge in [0.05, 0.1) is 5.56 Å². The number of benzene rings is 1. The quantitative estimate of drug-likeness (QED) is 0.851. The number of amides is 1. The van der Waals surface area contributed by atoms with Crippen molar-refractivity contribution in [3.05, 3.63) is 35.4 Å². The average molecular weight is 246 g/mol. The molecule has 1 aromatic rings. The Bertz CT molecular complexity index is 404. The van der Waals surface area contributed by atoms with E-state index in [-0.39, 0.29) is 5.56 Å². The summed E-state index contributed by atoms with van der Waals surface area (Å²) in [6.07, 6.45) is -4.43. The van der Waals surface area contributed by atoms with Gasteiger partial charge in [-0.05, 0) is 24.2 Å². The fourth-order valence-corrected chi connectivity index (χ4v) is 1.48. The maximum Gasteiger partial charge on any atom is 0.416 e. The monoisotopic (exact) mass is 246 g/mol. The van der Waals surface area contributed by atoms with Crippen LogP contribution >= 0.6 is 0 Å². The van der Waals surface area contributed by atoms with Gasteiger partial charge in [-0.2, -0.15) is 13.2 Å². The van der Waals surface area contributed by atoms with Gasteiger partial charge in [-0.15, -0.1) is 0 Å². The average Bonchev–Trinajstić information content (AvgIpc) is 2.24. The summed E-state index contributed by atoms with van der Waals surface area (Å²) in [6.45, 7) is 2.17. The molecule has 0 radical (unpaired) electrons. The summed E-state index contributed by atoms with van der Waals surface area (Å²) in [5.74, 6) is -0.703. The van der Waals surface area contributed by atoms with E-state index in [1.165, 1.54) is 12.1 Å².